The number of nitrogens with one attached hydrogen (secondary N) is 3. The molecule has 10 heteroatoms. The third kappa shape index (κ3) is 6.76. The number of benzene rings is 1. The Morgan fingerprint density at radius 1 is 1.16 bits per heavy atom. The molecule has 10 nitrogen and oxygen atoms in total. The van der Waals surface area contributed by atoms with Crippen molar-refractivity contribution in [3.8, 4) is 0 Å². The normalized spacial score (nSPS) is 17.8. The predicted molar refractivity (Wildman–Crippen MR) is 115 cm³/mol. The van der Waals surface area contributed by atoms with Gasteiger partial charge >= 0.3 is 6.03 Å². The second-order valence-corrected chi connectivity index (χ2v) is 8.31. The number of imide groups is 1. The molecular weight excluding hydrogens is 416 g/mol. The molecule has 32 heavy (non-hydrogen) atoms. The van der Waals surface area contributed by atoms with E-state index in [-0.39, 0.29) is 12.5 Å². The van der Waals surface area contributed by atoms with Crippen molar-refractivity contribution in [3.05, 3.63) is 35.9 Å². The second kappa shape index (κ2) is 12.2. The lowest BCUT2D eigenvalue weighted by Gasteiger charge is -2.29. The number of hydrogen-bond donors (Lipinski definition) is 4. The quantitative estimate of drug-likeness (QED) is 0.217. The number of amides is 5. The molecular formula is C22H32N4O6. The summed E-state index contributed by atoms with van der Waals surface area (Å²) >= 11 is 0. The van der Waals surface area contributed by atoms with Gasteiger partial charge in [0.05, 0.1) is 18.4 Å². The van der Waals surface area contributed by atoms with E-state index in [1.54, 1.807) is 5.48 Å². The van der Waals surface area contributed by atoms with Crippen molar-refractivity contribution < 1.29 is 29.1 Å². The Hall–Kier alpha value is -2.98. The summed E-state index contributed by atoms with van der Waals surface area (Å²) in [7, 11) is 1.38. The number of methoxy groups -OCH3 is 1. The molecule has 1 saturated heterocycles. The molecule has 1 aromatic rings. The number of hydrazine groups is 1. The molecule has 1 aliphatic rings. The van der Waals surface area contributed by atoms with Crippen molar-refractivity contribution in [2.24, 2.45) is 17.8 Å². The molecule has 1 heterocycles. The molecule has 4 N–H and O–H groups in total. The van der Waals surface area contributed by atoms with Crippen LogP contribution in [0.25, 0.3) is 0 Å². The van der Waals surface area contributed by atoms with Crippen molar-refractivity contribution in [2.75, 3.05) is 13.7 Å². The lowest BCUT2D eigenvalue weighted by atomic mass is 9.81. The lowest BCUT2D eigenvalue weighted by molar-refractivity contribution is -0.143. The topological polar surface area (TPSA) is 137 Å². The summed E-state index contributed by atoms with van der Waals surface area (Å²) in [6, 6.07) is 7.99. The molecule has 0 saturated carbocycles. The molecule has 0 radical (unpaired) electrons. The largest absolute Gasteiger partial charge is 0.382 e. The van der Waals surface area contributed by atoms with E-state index in [1.807, 2.05) is 44.2 Å². The number of urea groups is 1. The van der Waals surface area contributed by atoms with E-state index in [1.165, 1.54) is 7.11 Å². The van der Waals surface area contributed by atoms with Gasteiger partial charge in [0.25, 0.3) is 5.91 Å². The van der Waals surface area contributed by atoms with Gasteiger partial charge in [-0.25, -0.2) is 15.3 Å². The average Bonchev–Trinajstić information content (AvgIpc) is 3.02. The first-order valence-corrected chi connectivity index (χ1v) is 10.7. The standard InChI is InChI=1S/C22H32N4O6/c1-14(2)12-17(19(27)24-26-18(13-32-3)21(29)23-22(26)30)16(20(28)25-31)11-7-10-15-8-5-4-6-9-15/h4-6,8-9,14,16-18,31H,7,10-13H2,1-3H3,(H,24,27)(H,25,28)(H,23,29,30)/t16-,17+,18-/m0/s1. The Balaban J connectivity index is 2.16. The van der Waals surface area contributed by atoms with Crippen LogP contribution in [0.1, 0.15) is 38.7 Å². The molecule has 3 atom stereocenters. The van der Waals surface area contributed by atoms with Gasteiger partial charge in [-0.2, -0.15) is 0 Å². The van der Waals surface area contributed by atoms with Gasteiger partial charge in [-0.1, -0.05) is 44.2 Å². The molecule has 0 spiro atoms. The van der Waals surface area contributed by atoms with Gasteiger partial charge in [0, 0.05) is 7.11 Å². The van der Waals surface area contributed by atoms with Crippen LogP contribution in [0.3, 0.4) is 0 Å². The number of carbonyl (C=O) groups is 4. The zero-order chi connectivity index (χ0) is 23.7. The SMILES string of the molecule is COC[C@H]1C(=O)NC(=O)N1NC(=O)[C@H](CC(C)C)[C@H](CCCc1ccccc1)C(=O)NO. The highest BCUT2D eigenvalue weighted by Gasteiger charge is 2.42. The van der Waals surface area contributed by atoms with Gasteiger partial charge < -0.3 is 4.74 Å². The number of aryl methyl sites for hydroxylation is 1. The first-order chi connectivity index (χ1) is 15.3. The van der Waals surface area contributed by atoms with E-state index in [4.69, 9.17) is 4.74 Å². The fourth-order valence-electron chi connectivity index (χ4n) is 3.88. The number of ether oxygens (including phenoxy) is 1. The monoisotopic (exact) mass is 448 g/mol. The van der Waals surface area contributed by atoms with E-state index in [2.05, 4.69) is 10.7 Å². The number of hydroxylamine groups is 1. The average molecular weight is 449 g/mol. The minimum absolute atomic E-state index is 0.0673. The summed E-state index contributed by atoms with van der Waals surface area (Å²) in [6.07, 6.45) is 2.05. The Morgan fingerprint density at radius 2 is 1.84 bits per heavy atom. The molecule has 0 unspecified atom stereocenters. The molecule has 1 fully saturated rings. The highest BCUT2D eigenvalue weighted by molar-refractivity contribution is 6.05. The summed E-state index contributed by atoms with van der Waals surface area (Å²) in [6.45, 7) is 3.74. The summed E-state index contributed by atoms with van der Waals surface area (Å²) in [5.41, 5.74) is 5.27. The van der Waals surface area contributed by atoms with E-state index in [9.17, 15) is 24.4 Å². The second-order valence-electron chi connectivity index (χ2n) is 8.31. The van der Waals surface area contributed by atoms with Crippen LogP contribution in [0.5, 0.6) is 0 Å². The van der Waals surface area contributed by atoms with Crippen molar-refractivity contribution in [2.45, 2.75) is 45.6 Å². The van der Waals surface area contributed by atoms with Gasteiger partial charge in [0.15, 0.2) is 6.04 Å². The van der Waals surface area contributed by atoms with Crippen molar-refractivity contribution in [3.63, 3.8) is 0 Å². The molecule has 5 amide bonds. The molecule has 176 valence electrons. The van der Waals surface area contributed by atoms with Gasteiger partial charge in [0.2, 0.25) is 11.8 Å². The highest BCUT2D eigenvalue weighted by Crippen LogP contribution is 2.27. The van der Waals surface area contributed by atoms with Crippen LogP contribution < -0.4 is 16.2 Å². The molecule has 0 bridgehead atoms. The fourth-order valence-corrected chi connectivity index (χ4v) is 3.88. The van der Waals surface area contributed by atoms with E-state index in [0.29, 0.717) is 25.7 Å². The molecule has 0 aliphatic carbocycles. The van der Waals surface area contributed by atoms with Crippen LogP contribution in [0.4, 0.5) is 4.79 Å². The number of nitrogens with zero attached hydrogens (tertiary/aromatic N) is 1. The summed E-state index contributed by atoms with van der Waals surface area (Å²) in [4.78, 5) is 49.8. The van der Waals surface area contributed by atoms with Gasteiger partial charge in [-0.05, 0) is 37.2 Å². The maximum absolute atomic E-state index is 13.2. The molecule has 1 aromatic carbocycles. The number of hydrogen-bond acceptors (Lipinski definition) is 6. The van der Waals surface area contributed by atoms with Crippen LogP contribution in [0.15, 0.2) is 30.3 Å². The van der Waals surface area contributed by atoms with Crippen molar-refractivity contribution >= 4 is 23.8 Å². The highest BCUT2D eigenvalue weighted by atomic mass is 16.5. The maximum atomic E-state index is 13.2. The Kier molecular flexibility index (Phi) is 9.61. The number of carbonyl (C=O) groups excluding carboxylic acids is 4. The van der Waals surface area contributed by atoms with Gasteiger partial charge in [-0.15, -0.1) is 0 Å². The molecule has 1 aliphatic heterocycles. The summed E-state index contributed by atoms with van der Waals surface area (Å²) < 4.78 is 4.98. The van der Waals surface area contributed by atoms with Crippen LogP contribution in [0.2, 0.25) is 0 Å². The fraction of sp³-hybridized carbons (Fsp3) is 0.545. The summed E-state index contributed by atoms with van der Waals surface area (Å²) in [5.74, 6) is -3.37. The molecule has 0 aromatic heterocycles. The van der Waals surface area contributed by atoms with Crippen LogP contribution >= 0.6 is 0 Å². The van der Waals surface area contributed by atoms with Crippen molar-refractivity contribution in [1.29, 1.82) is 0 Å². The Morgan fingerprint density at radius 3 is 2.44 bits per heavy atom. The first-order valence-electron chi connectivity index (χ1n) is 10.7. The lowest BCUT2D eigenvalue weighted by Crippen LogP contribution is -2.53. The third-order valence-corrected chi connectivity index (χ3v) is 5.44. The number of rotatable bonds is 12. The summed E-state index contributed by atoms with van der Waals surface area (Å²) in [5, 5.41) is 12.3. The van der Waals surface area contributed by atoms with Crippen LogP contribution in [0, 0.1) is 17.8 Å². The first kappa shape index (κ1) is 25.3. The molecule has 2 rings (SSSR count). The Bertz CT molecular complexity index is 801. The van der Waals surface area contributed by atoms with E-state index >= 15 is 0 Å². The third-order valence-electron chi connectivity index (χ3n) is 5.44. The van der Waals surface area contributed by atoms with E-state index in [0.717, 1.165) is 10.6 Å². The smallest absolute Gasteiger partial charge is 0.343 e. The maximum Gasteiger partial charge on any atom is 0.343 e. The minimum atomic E-state index is -1.00. The van der Waals surface area contributed by atoms with Crippen molar-refractivity contribution in [1.82, 2.24) is 21.2 Å². The van der Waals surface area contributed by atoms with Crippen LogP contribution in [-0.4, -0.2) is 53.7 Å². The van der Waals surface area contributed by atoms with E-state index < -0.39 is 41.6 Å². The van der Waals surface area contributed by atoms with Gasteiger partial charge in [0.1, 0.15) is 0 Å². The van der Waals surface area contributed by atoms with Crippen LogP contribution in [-0.2, 0) is 25.5 Å². The minimum Gasteiger partial charge on any atom is -0.382 e. The zero-order valence-electron chi connectivity index (χ0n) is 18.7. The Labute approximate surface area is 187 Å². The predicted octanol–water partition coefficient (Wildman–Crippen LogP) is 1.39. The van der Waals surface area contributed by atoms with Gasteiger partial charge in [-0.3, -0.25) is 30.3 Å². The zero-order valence-corrected chi connectivity index (χ0v) is 18.7.